The monoisotopic (exact) mass is 212 g/mol. The number of nitrogens with zero attached hydrogens (tertiary/aromatic N) is 1. The Kier molecular flexibility index (Phi) is 3.28. The van der Waals surface area contributed by atoms with Gasteiger partial charge in [-0.3, -0.25) is 5.43 Å². The van der Waals surface area contributed by atoms with Gasteiger partial charge in [-0.15, -0.1) is 0 Å². The summed E-state index contributed by atoms with van der Waals surface area (Å²) in [6, 6.07) is 0.291. The molecule has 1 aliphatic carbocycles. The summed E-state index contributed by atoms with van der Waals surface area (Å²) in [6.45, 7) is 9.18. The van der Waals surface area contributed by atoms with Crippen molar-refractivity contribution < 1.29 is 0 Å². The molecule has 0 saturated heterocycles. The van der Waals surface area contributed by atoms with E-state index in [9.17, 15) is 0 Å². The highest BCUT2D eigenvalue weighted by Gasteiger charge is 2.38. The molecule has 0 spiro atoms. The zero-order valence-corrected chi connectivity index (χ0v) is 10.3. The lowest BCUT2D eigenvalue weighted by atomic mass is 9.64. The molecule has 1 saturated carbocycles. The van der Waals surface area contributed by atoms with E-state index in [0.717, 1.165) is 12.8 Å². The number of guanidine groups is 1. The fourth-order valence-corrected chi connectivity index (χ4v) is 3.11. The van der Waals surface area contributed by atoms with Gasteiger partial charge in [0.05, 0.1) is 6.04 Å². The van der Waals surface area contributed by atoms with Gasteiger partial charge in [-0.1, -0.05) is 27.7 Å². The highest BCUT2D eigenvalue weighted by Crippen LogP contribution is 2.46. The Morgan fingerprint density at radius 2 is 1.67 bits per heavy atom. The van der Waals surface area contributed by atoms with Crippen LogP contribution in [0.4, 0.5) is 0 Å². The van der Waals surface area contributed by atoms with Crippen LogP contribution in [0.1, 0.15) is 47.0 Å². The van der Waals surface area contributed by atoms with Crippen molar-refractivity contribution in [1.82, 2.24) is 5.43 Å². The van der Waals surface area contributed by atoms with Crippen molar-refractivity contribution in [1.29, 1.82) is 0 Å². The van der Waals surface area contributed by atoms with Gasteiger partial charge >= 0.3 is 0 Å². The molecule has 5 N–H and O–H groups in total. The number of aliphatic imine (C=N–C) groups is 1. The first-order chi connectivity index (χ1) is 6.74. The summed E-state index contributed by atoms with van der Waals surface area (Å²) in [7, 11) is 0. The van der Waals surface area contributed by atoms with Gasteiger partial charge in [0.2, 0.25) is 5.96 Å². The molecule has 4 nitrogen and oxygen atoms in total. The van der Waals surface area contributed by atoms with Crippen LogP contribution in [0, 0.1) is 10.8 Å². The van der Waals surface area contributed by atoms with Gasteiger partial charge in [-0.25, -0.2) is 10.8 Å². The molecule has 0 heterocycles. The lowest BCUT2D eigenvalue weighted by Gasteiger charge is -2.43. The minimum atomic E-state index is 0.291. The third-order valence-electron chi connectivity index (χ3n) is 3.00. The third kappa shape index (κ3) is 3.70. The van der Waals surface area contributed by atoms with Gasteiger partial charge in [-0.05, 0) is 30.1 Å². The maximum absolute atomic E-state index is 5.59. The van der Waals surface area contributed by atoms with Gasteiger partial charge in [-0.2, -0.15) is 0 Å². The first-order valence-electron chi connectivity index (χ1n) is 5.54. The molecule has 0 unspecified atom stereocenters. The summed E-state index contributed by atoms with van der Waals surface area (Å²) in [5.74, 6) is 5.56. The van der Waals surface area contributed by atoms with E-state index in [1.807, 2.05) is 0 Å². The Hall–Kier alpha value is -0.770. The van der Waals surface area contributed by atoms with Crippen LogP contribution in [0.2, 0.25) is 0 Å². The number of hydrogen-bond acceptors (Lipinski definition) is 2. The number of nitrogens with two attached hydrogens (primary N) is 2. The van der Waals surface area contributed by atoms with Crippen LogP contribution in [0.5, 0.6) is 0 Å². The molecular formula is C11H24N4. The Morgan fingerprint density at radius 3 is 2.07 bits per heavy atom. The molecule has 1 fully saturated rings. The maximum Gasteiger partial charge on any atom is 0.203 e. The lowest BCUT2D eigenvalue weighted by molar-refractivity contribution is 0.0995. The van der Waals surface area contributed by atoms with Crippen molar-refractivity contribution in [2.45, 2.75) is 53.0 Å². The van der Waals surface area contributed by atoms with Crippen LogP contribution in [0.3, 0.4) is 0 Å². The van der Waals surface area contributed by atoms with E-state index in [2.05, 4.69) is 38.1 Å². The van der Waals surface area contributed by atoms with E-state index in [1.54, 1.807) is 0 Å². The second-order valence-corrected chi connectivity index (χ2v) is 6.23. The van der Waals surface area contributed by atoms with Crippen LogP contribution in [-0.2, 0) is 0 Å². The Morgan fingerprint density at radius 1 is 1.20 bits per heavy atom. The summed E-state index contributed by atoms with van der Waals surface area (Å²) in [6.07, 6.45) is 3.40. The Labute approximate surface area is 92.5 Å². The molecular weight excluding hydrogens is 188 g/mol. The molecule has 4 heteroatoms. The average molecular weight is 212 g/mol. The predicted molar refractivity (Wildman–Crippen MR) is 64.1 cm³/mol. The van der Waals surface area contributed by atoms with Crippen molar-refractivity contribution in [3.8, 4) is 0 Å². The first kappa shape index (κ1) is 12.3. The fourth-order valence-electron chi connectivity index (χ4n) is 3.11. The normalized spacial score (nSPS) is 26.3. The number of hydrogen-bond donors (Lipinski definition) is 3. The van der Waals surface area contributed by atoms with Gasteiger partial charge < -0.3 is 5.73 Å². The molecule has 1 aliphatic rings. The zero-order valence-electron chi connectivity index (χ0n) is 10.3. The van der Waals surface area contributed by atoms with Crippen molar-refractivity contribution in [2.75, 3.05) is 0 Å². The van der Waals surface area contributed by atoms with Gasteiger partial charge in [0.1, 0.15) is 0 Å². The van der Waals surface area contributed by atoms with E-state index in [4.69, 9.17) is 11.6 Å². The van der Waals surface area contributed by atoms with Crippen LogP contribution in [-0.4, -0.2) is 12.0 Å². The second kappa shape index (κ2) is 4.00. The molecule has 0 amide bonds. The molecule has 0 aliphatic heterocycles. The molecule has 1 rings (SSSR count). The quantitative estimate of drug-likeness (QED) is 0.266. The zero-order chi connectivity index (χ0) is 11.7. The maximum atomic E-state index is 5.59. The predicted octanol–water partition coefficient (Wildman–Crippen LogP) is 1.37. The summed E-state index contributed by atoms with van der Waals surface area (Å²) in [5, 5.41) is 0. The first-order valence-corrected chi connectivity index (χ1v) is 5.54. The molecule has 15 heavy (non-hydrogen) atoms. The minimum absolute atomic E-state index is 0.291. The lowest BCUT2D eigenvalue weighted by Crippen LogP contribution is -2.41. The molecule has 0 radical (unpaired) electrons. The van der Waals surface area contributed by atoms with Crippen LogP contribution >= 0.6 is 0 Å². The van der Waals surface area contributed by atoms with Crippen molar-refractivity contribution in [2.24, 2.45) is 27.4 Å². The molecule has 0 aromatic rings. The highest BCUT2D eigenvalue weighted by molar-refractivity contribution is 5.77. The molecule has 0 aromatic heterocycles. The number of rotatable bonds is 1. The molecule has 88 valence electrons. The van der Waals surface area contributed by atoms with Crippen LogP contribution < -0.4 is 17.0 Å². The summed E-state index contributed by atoms with van der Waals surface area (Å²) < 4.78 is 0. The van der Waals surface area contributed by atoms with Gasteiger partial charge in [0.15, 0.2) is 0 Å². The van der Waals surface area contributed by atoms with Gasteiger partial charge in [0.25, 0.3) is 0 Å². The smallest absolute Gasteiger partial charge is 0.203 e. The highest BCUT2D eigenvalue weighted by atomic mass is 15.3. The Balaban J connectivity index is 2.76. The van der Waals surface area contributed by atoms with Crippen molar-refractivity contribution >= 4 is 5.96 Å². The van der Waals surface area contributed by atoms with E-state index in [1.165, 1.54) is 6.42 Å². The van der Waals surface area contributed by atoms with E-state index in [0.29, 0.717) is 22.8 Å². The standard InChI is InChI=1S/C11H24N4/c1-10(2)5-8(14-9(12)15-13)6-11(3,4)7-10/h8H,5-7,13H2,1-4H3,(H3,12,14,15). The van der Waals surface area contributed by atoms with Crippen LogP contribution in [0.15, 0.2) is 4.99 Å². The minimum Gasteiger partial charge on any atom is -0.369 e. The average Bonchev–Trinajstić information content (AvgIpc) is 1.97. The van der Waals surface area contributed by atoms with Crippen molar-refractivity contribution in [3.05, 3.63) is 0 Å². The van der Waals surface area contributed by atoms with Gasteiger partial charge in [0, 0.05) is 0 Å². The summed E-state index contributed by atoms with van der Waals surface area (Å²) in [5.41, 5.74) is 8.67. The van der Waals surface area contributed by atoms with Crippen molar-refractivity contribution in [3.63, 3.8) is 0 Å². The summed E-state index contributed by atoms with van der Waals surface area (Å²) >= 11 is 0. The number of nitrogens with one attached hydrogen (secondary N) is 1. The van der Waals surface area contributed by atoms with Crippen LogP contribution in [0.25, 0.3) is 0 Å². The Bertz CT molecular complexity index is 239. The molecule has 0 bridgehead atoms. The second-order valence-electron chi connectivity index (χ2n) is 6.23. The number of hydrazine groups is 1. The van der Waals surface area contributed by atoms with E-state index in [-0.39, 0.29) is 0 Å². The van der Waals surface area contributed by atoms with E-state index < -0.39 is 0 Å². The SMILES string of the molecule is CC1(C)CC(N=C(N)NN)CC(C)(C)C1. The van der Waals surface area contributed by atoms with E-state index >= 15 is 0 Å². The largest absolute Gasteiger partial charge is 0.369 e. The topological polar surface area (TPSA) is 76.4 Å². The molecule has 0 aromatic carbocycles. The molecule has 0 atom stereocenters. The third-order valence-corrected chi connectivity index (χ3v) is 3.00. The fraction of sp³-hybridized carbons (Fsp3) is 0.909. The summed E-state index contributed by atoms with van der Waals surface area (Å²) in [4.78, 5) is 4.40.